The van der Waals surface area contributed by atoms with Gasteiger partial charge in [0.05, 0.1) is 12.1 Å². The van der Waals surface area contributed by atoms with Crippen LogP contribution in [0.3, 0.4) is 0 Å². The summed E-state index contributed by atoms with van der Waals surface area (Å²) >= 11 is 6.21. The Balaban J connectivity index is 1.42. The molecule has 6 nitrogen and oxygen atoms in total. The molecular formula is C26H26ClN5O. The van der Waals surface area contributed by atoms with Crippen LogP contribution in [0.2, 0.25) is 5.02 Å². The third-order valence-corrected chi connectivity index (χ3v) is 6.49. The molecule has 1 fully saturated rings. The molecule has 33 heavy (non-hydrogen) atoms. The van der Waals surface area contributed by atoms with Crippen molar-refractivity contribution in [3.05, 3.63) is 88.9 Å². The number of fused-ring (bicyclic) bond motifs is 1. The van der Waals surface area contributed by atoms with Gasteiger partial charge in [0, 0.05) is 10.7 Å². The number of rotatable bonds is 6. The molecule has 0 saturated carbocycles. The summed E-state index contributed by atoms with van der Waals surface area (Å²) in [5, 5.41) is 12.5. The number of nitrogens with one attached hydrogen (secondary N) is 1. The molecule has 3 aromatic carbocycles. The summed E-state index contributed by atoms with van der Waals surface area (Å²) < 4.78 is 1.66. The molecule has 4 aromatic rings. The number of hydrogen-bond donors (Lipinski definition) is 1. The van der Waals surface area contributed by atoms with Crippen molar-refractivity contribution in [2.24, 2.45) is 0 Å². The van der Waals surface area contributed by atoms with Gasteiger partial charge in [0.25, 0.3) is 0 Å². The summed E-state index contributed by atoms with van der Waals surface area (Å²) in [6, 6.07) is 23.7. The van der Waals surface area contributed by atoms with Crippen molar-refractivity contribution < 1.29 is 4.79 Å². The van der Waals surface area contributed by atoms with Crippen molar-refractivity contribution in [2.45, 2.75) is 31.8 Å². The lowest BCUT2D eigenvalue weighted by Gasteiger charge is -2.26. The van der Waals surface area contributed by atoms with E-state index in [-0.39, 0.29) is 12.5 Å². The third-order valence-electron chi connectivity index (χ3n) is 6.25. The van der Waals surface area contributed by atoms with Gasteiger partial charge in [0.1, 0.15) is 12.1 Å². The van der Waals surface area contributed by atoms with Gasteiger partial charge in [-0.05, 0) is 79.4 Å². The second-order valence-corrected chi connectivity index (χ2v) is 8.90. The Kier molecular flexibility index (Phi) is 6.37. The molecule has 1 amide bonds. The minimum Gasteiger partial charge on any atom is -0.317 e. The summed E-state index contributed by atoms with van der Waals surface area (Å²) in [7, 11) is 0. The van der Waals surface area contributed by atoms with Crippen LogP contribution < -0.4 is 10.2 Å². The van der Waals surface area contributed by atoms with Crippen LogP contribution in [-0.4, -0.2) is 34.0 Å². The number of aromatic nitrogens is 3. The highest BCUT2D eigenvalue weighted by molar-refractivity contribution is 6.30. The molecule has 5 rings (SSSR count). The van der Waals surface area contributed by atoms with Crippen molar-refractivity contribution >= 4 is 34.2 Å². The molecule has 0 atom stereocenters. The molecular weight excluding hydrogens is 434 g/mol. The number of piperidine rings is 1. The number of hydrogen-bond acceptors (Lipinski definition) is 4. The van der Waals surface area contributed by atoms with Crippen LogP contribution in [-0.2, 0) is 17.9 Å². The zero-order valence-corrected chi connectivity index (χ0v) is 19.1. The lowest BCUT2D eigenvalue weighted by Crippen LogP contribution is -2.33. The number of anilines is 1. The van der Waals surface area contributed by atoms with Gasteiger partial charge in [0.2, 0.25) is 5.91 Å². The first kappa shape index (κ1) is 21.6. The Morgan fingerprint density at radius 2 is 1.82 bits per heavy atom. The monoisotopic (exact) mass is 459 g/mol. The largest absolute Gasteiger partial charge is 0.317 e. The van der Waals surface area contributed by atoms with Crippen molar-refractivity contribution in [2.75, 3.05) is 18.0 Å². The number of halogens is 1. The SMILES string of the molecule is O=C(Cn1nnc2ccccc21)N(Cc1cccc(Cl)c1)c1ccc(C2CCNCC2)cc1. The molecule has 168 valence electrons. The van der Waals surface area contributed by atoms with E-state index in [4.69, 9.17) is 11.6 Å². The number of nitrogens with zero attached hydrogens (tertiary/aromatic N) is 4. The average molecular weight is 460 g/mol. The van der Waals surface area contributed by atoms with Gasteiger partial charge in [-0.2, -0.15) is 0 Å². The van der Waals surface area contributed by atoms with Gasteiger partial charge in [-0.15, -0.1) is 5.10 Å². The van der Waals surface area contributed by atoms with Crippen LogP contribution in [0.1, 0.15) is 29.9 Å². The van der Waals surface area contributed by atoms with Gasteiger partial charge in [-0.1, -0.05) is 53.2 Å². The van der Waals surface area contributed by atoms with Crippen LogP contribution in [0.25, 0.3) is 11.0 Å². The molecule has 0 radical (unpaired) electrons. The summed E-state index contributed by atoms with van der Waals surface area (Å²) in [4.78, 5) is 15.3. The van der Waals surface area contributed by atoms with E-state index in [9.17, 15) is 4.79 Å². The van der Waals surface area contributed by atoms with Gasteiger partial charge in [-0.3, -0.25) is 4.79 Å². The van der Waals surface area contributed by atoms with Crippen molar-refractivity contribution in [1.29, 1.82) is 0 Å². The second-order valence-electron chi connectivity index (χ2n) is 8.46. The second kappa shape index (κ2) is 9.73. The Labute approximate surface area is 198 Å². The van der Waals surface area contributed by atoms with Crippen molar-refractivity contribution in [3.63, 3.8) is 0 Å². The van der Waals surface area contributed by atoms with E-state index < -0.39 is 0 Å². The molecule has 1 aromatic heterocycles. The van der Waals surface area contributed by atoms with E-state index in [2.05, 4.69) is 39.9 Å². The Morgan fingerprint density at radius 3 is 2.61 bits per heavy atom. The van der Waals surface area contributed by atoms with Crippen LogP contribution in [0.15, 0.2) is 72.8 Å². The standard InChI is InChI=1S/C26H26ClN5O/c27-22-5-3-4-19(16-22)17-31(23-10-8-20(9-11-23)21-12-14-28-15-13-21)26(33)18-32-25-7-2-1-6-24(25)29-30-32/h1-11,16,21,28H,12-15,17-18H2. The highest BCUT2D eigenvalue weighted by Gasteiger charge is 2.20. The molecule has 1 aliphatic heterocycles. The summed E-state index contributed by atoms with van der Waals surface area (Å²) in [5.41, 5.74) is 4.79. The predicted octanol–water partition coefficient (Wildman–Crippen LogP) is 4.79. The van der Waals surface area contributed by atoms with E-state index in [1.165, 1.54) is 5.56 Å². The van der Waals surface area contributed by atoms with Crippen LogP contribution in [0.5, 0.6) is 0 Å². The Bertz CT molecular complexity index is 1250. The van der Waals surface area contributed by atoms with E-state index in [0.29, 0.717) is 17.5 Å². The minimum absolute atomic E-state index is 0.0553. The lowest BCUT2D eigenvalue weighted by atomic mass is 9.90. The van der Waals surface area contributed by atoms with E-state index in [1.54, 1.807) is 9.58 Å². The number of carbonyl (C=O) groups excluding carboxylic acids is 1. The molecule has 0 unspecified atom stereocenters. The fraction of sp³-hybridized carbons (Fsp3) is 0.269. The quantitative estimate of drug-likeness (QED) is 0.450. The molecule has 7 heteroatoms. The maximum Gasteiger partial charge on any atom is 0.249 e. The normalized spacial score (nSPS) is 14.5. The maximum absolute atomic E-state index is 13.5. The minimum atomic E-state index is -0.0553. The van der Waals surface area contributed by atoms with Crippen LogP contribution >= 0.6 is 11.6 Å². The molecule has 0 bridgehead atoms. The average Bonchev–Trinajstić information content (AvgIpc) is 3.26. The van der Waals surface area contributed by atoms with Crippen LogP contribution in [0.4, 0.5) is 5.69 Å². The fourth-order valence-corrected chi connectivity index (χ4v) is 4.68. The van der Waals surface area contributed by atoms with Gasteiger partial charge >= 0.3 is 0 Å². The predicted molar refractivity (Wildman–Crippen MR) is 131 cm³/mol. The number of carbonyl (C=O) groups is 1. The zero-order valence-electron chi connectivity index (χ0n) is 18.3. The van der Waals surface area contributed by atoms with Crippen molar-refractivity contribution in [3.8, 4) is 0 Å². The molecule has 0 spiro atoms. The first-order chi connectivity index (χ1) is 16.2. The van der Waals surface area contributed by atoms with E-state index in [0.717, 1.165) is 48.2 Å². The summed E-state index contributed by atoms with van der Waals surface area (Å²) in [6.07, 6.45) is 2.29. The zero-order chi connectivity index (χ0) is 22.6. The number of benzene rings is 3. The number of amides is 1. The topological polar surface area (TPSA) is 63.1 Å². The Hall–Kier alpha value is -3.22. The lowest BCUT2D eigenvalue weighted by molar-refractivity contribution is -0.119. The van der Waals surface area contributed by atoms with E-state index >= 15 is 0 Å². The summed E-state index contributed by atoms with van der Waals surface area (Å²) in [5.74, 6) is 0.513. The molecule has 1 aliphatic rings. The van der Waals surface area contributed by atoms with Crippen LogP contribution in [0, 0.1) is 0 Å². The fourth-order valence-electron chi connectivity index (χ4n) is 4.47. The van der Waals surface area contributed by atoms with E-state index in [1.807, 2.05) is 48.5 Å². The smallest absolute Gasteiger partial charge is 0.249 e. The first-order valence-corrected chi connectivity index (χ1v) is 11.7. The summed E-state index contributed by atoms with van der Waals surface area (Å²) in [6.45, 7) is 2.64. The molecule has 1 saturated heterocycles. The molecule has 0 aliphatic carbocycles. The first-order valence-electron chi connectivity index (χ1n) is 11.3. The van der Waals surface area contributed by atoms with Gasteiger partial charge in [0.15, 0.2) is 0 Å². The third kappa shape index (κ3) is 4.92. The molecule has 1 N–H and O–H groups in total. The van der Waals surface area contributed by atoms with Gasteiger partial charge in [-0.25, -0.2) is 4.68 Å². The van der Waals surface area contributed by atoms with Gasteiger partial charge < -0.3 is 10.2 Å². The maximum atomic E-state index is 13.5. The molecule has 2 heterocycles. The van der Waals surface area contributed by atoms with Crippen molar-refractivity contribution in [1.82, 2.24) is 20.3 Å². The number of para-hydroxylation sites is 1. The highest BCUT2D eigenvalue weighted by Crippen LogP contribution is 2.28. The highest BCUT2D eigenvalue weighted by atomic mass is 35.5. The Morgan fingerprint density at radius 1 is 1.03 bits per heavy atom.